The molecule has 0 aliphatic carbocycles. The highest BCUT2D eigenvalue weighted by molar-refractivity contribution is 5.55. The van der Waals surface area contributed by atoms with Gasteiger partial charge in [0.2, 0.25) is 0 Å². The molecule has 20 heavy (non-hydrogen) atoms. The van der Waals surface area contributed by atoms with Crippen molar-refractivity contribution in [1.82, 2.24) is 0 Å². The van der Waals surface area contributed by atoms with Crippen LogP contribution in [0, 0.1) is 12.7 Å². The summed E-state index contributed by atoms with van der Waals surface area (Å²) >= 11 is 0. The second kappa shape index (κ2) is 6.28. The number of hydrogen-bond acceptors (Lipinski definition) is 3. The minimum Gasteiger partial charge on any atom is -0.493 e. The first-order chi connectivity index (χ1) is 9.63. The van der Waals surface area contributed by atoms with Gasteiger partial charge in [-0.15, -0.1) is 0 Å². The van der Waals surface area contributed by atoms with Gasteiger partial charge < -0.3 is 14.8 Å². The fraction of sp³-hybridized carbons (Fsp3) is 0.250. The lowest BCUT2D eigenvalue weighted by Gasteiger charge is -2.11. The number of anilines is 1. The molecular formula is C16H18FNO2. The molecule has 2 rings (SSSR count). The van der Waals surface area contributed by atoms with Gasteiger partial charge in [-0.1, -0.05) is 12.1 Å². The van der Waals surface area contributed by atoms with Crippen molar-refractivity contribution in [2.24, 2.45) is 0 Å². The molecule has 0 unspecified atom stereocenters. The largest absolute Gasteiger partial charge is 0.493 e. The molecule has 2 aromatic carbocycles. The van der Waals surface area contributed by atoms with Crippen LogP contribution in [0.15, 0.2) is 36.4 Å². The van der Waals surface area contributed by atoms with E-state index < -0.39 is 0 Å². The van der Waals surface area contributed by atoms with Crippen LogP contribution in [-0.2, 0) is 6.54 Å². The Morgan fingerprint density at radius 1 is 1.00 bits per heavy atom. The average molecular weight is 275 g/mol. The lowest BCUT2D eigenvalue weighted by atomic mass is 10.1. The van der Waals surface area contributed by atoms with Crippen LogP contribution in [0.25, 0.3) is 0 Å². The van der Waals surface area contributed by atoms with Gasteiger partial charge in [0, 0.05) is 18.3 Å². The quantitative estimate of drug-likeness (QED) is 0.901. The minimum absolute atomic E-state index is 0.181. The highest BCUT2D eigenvalue weighted by Crippen LogP contribution is 2.29. The van der Waals surface area contributed by atoms with Gasteiger partial charge in [0.1, 0.15) is 5.82 Å². The standard InChI is InChI=1S/C16H18FNO2/c1-11-8-12(4-6-14(11)17)10-18-13-5-7-15(19-2)16(9-13)20-3/h4-9,18H,10H2,1-3H3. The SMILES string of the molecule is COc1ccc(NCc2ccc(F)c(C)c2)cc1OC. The van der Waals surface area contributed by atoms with E-state index in [4.69, 9.17) is 9.47 Å². The fourth-order valence-corrected chi connectivity index (χ4v) is 1.97. The van der Waals surface area contributed by atoms with E-state index >= 15 is 0 Å². The molecule has 0 atom stereocenters. The Morgan fingerprint density at radius 2 is 1.75 bits per heavy atom. The highest BCUT2D eigenvalue weighted by atomic mass is 19.1. The zero-order chi connectivity index (χ0) is 14.5. The second-order valence-corrected chi connectivity index (χ2v) is 4.51. The van der Waals surface area contributed by atoms with Gasteiger partial charge in [-0.25, -0.2) is 4.39 Å². The maximum absolute atomic E-state index is 13.2. The monoisotopic (exact) mass is 275 g/mol. The van der Waals surface area contributed by atoms with E-state index in [-0.39, 0.29) is 5.82 Å². The summed E-state index contributed by atoms with van der Waals surface area (Å²) in [5.41, 5.74) is 2.60. The lowest BCUT2D eigenvalue weighted by Crippen LogP contribution is -2.01. The minimum atomic E-state index is -0.181. The van der Waals surface area contributed by atoms with Crippen molar-refractivity contribution in [1.29, 1.82) is 0 Å². The Bertz CT molecular complexity index is 599. The van der Waals surface area contributed by atoms with Crippen molar-refractivity contribution in [3.05, 3.63) is 53.3 Å². The summed E-state index contributed by atoms with van der Waals surface area (Å²) in [4.78, 5) is 0. The molecule has 0 aliphatic rings. The summed E-state index contributed by atoms with van der Waals surface area (Å²) in [6, 6.07) is 10.7. The smallest absolute Gasteiger partial charge is 0.162 e. The lowest BCUT2D eigenvalue weighted by molar-refractivity contribution is 0.355. The number of halogens is 1. The van der Waals surface area contributed by atoms with Gasteiger partial charge >= 0.3 is 0 Å². The molecule has 0 aromatic heterocycles. The average Bonchev–Trinajstić information content (AvgIpc) is 2.48. The predicted octanol–water partition coefficient (Wildman–Crippen LogP) is 3.76. The van der Waals surface area contributed by atoms with Crippen molar-refractivity contribution < 1.29 is 13.9 Å². The van der Waals surface area contributed by atoms with Crippen molar-refractivity contribution in [3.8, 4) is 11.5 Å². The third-order valence-electron chi connectivity index (χ3n) is 3.10. The summed E-state index contributed by atoms with van der Waals surface area (Å²) in [6.07, 6.45) is 0. The molecule has 0 fully saturated rings. The first-order valence-corrected chi connectivity index (χ1v) is 6.35. The molecule has 0 saturated heterocycles. The maximum atomic E-state index is 13.2. The molecular weight excluding hydrogens is 257 g/mol. The Morgan fingerprint density at radius 3 is 2.40 bits per heavy atom. The first-order valence-electron chi connectivity index (χ1n) is 6.35. The van der Waals surface area contributed by atoms with Crippen molar-refractivity contribution in [2.75, 3.05) is 19.5 Å². The number of ether oxygens (including phenoxy) is 2. The number of benzene rings is 2. The molecule has 0 amide bonds. The molecule has 1 N–H and O–H groups in total. The number of hydrogen-bond donors (Lipinski definition) is 1. The van der Waals surface area contributed by atoms with Crippen LogP contribution in [0.1, 0.15) is 11.1 Å². The Kier molecular flexibility index (Phi) is 4.45. The van der Waals surface area contributed by atoms with E-state index in [0.29, 0.717) is 23.6 Å². The Labute approximate surface area is 118 Å². The zero-order valence-electron chi connectivity index (χ0n) is 11.9. The van der Waals surface area contributed by atoms with E-state index in [2.05, 4.69) is 5.32 Å². The van der Waals surface area contributed by atoms with Crippen LogP contribution >= 0.6 is 0 Å². The van der Waals surface area contributed by atoms with Gasteiger partial charge in [-0.3, -0.25) is 0 Å². The third-order valence-corrected chi connectivity index (χ3v) is 3.10. The molecule has 0 heterocycles. The summed E-state index contributed by atoms with van der Waals surface area (Å²) < 4.78 is 23.6. The normalized spacial score (nSPS) is 10.2. The number of nitrogens with one attached hydrogen (secondary N) is 1. The summed E-state index contributed by atoms with van der Waals surface area (Å²) in [7, 11) is 3.21. The van der Waals surface area contributed by atoms with Crippen LogP contribution in [-0.4, -0.2) is 14.2 Å². The highest BCUT2D eigenvalue weighted by Gasteiger charge is 2.04. The molecule has 0 bridgehead atoms. The van der Waals surface area contributed by atoms with Crippen molar-refractivity contribution >= 4 is 5.69 Å². The summed E-state index contributed by atoms with van der Waals surface area (Å²) in [5.74, 6) is 1.18. The Hall–Kier alpha value is -2.23. The predicted molar refractivity (Wildman–Crippen MR) is 78.0 cm³/mol. The molecule has 0 spiro atoms. The maximum Gasteiger partial charge on any atom is 0.162 e. The van der Waals surface area contributed by atoms with E-state index in [1.54, 1.807) is 27.2 Å². The number of methoxy groups -OCH3 is 2. The summed E-state index contributed by atoms with van der Waals surface area (Å²) in [6.45, 7) is 2.38. The zero-order valence-corrected chi connectivity index (χ0v) is 11.9. The van der Waals surface area contributed by atoms with Gasteiger partial charge in [-0.2, -0.15) is 0 Å². The molecule has 2 aromatic rings. The Balaban J connectivity index is 2.08. The first kappa shape index (κ1) is 14.2. The third kappa shape index (κ3) is 3.20. The van der Waals surface area contributed by atoms with Gasteiger partial charge in [0.15, 0.2) is 11.5 Å². The second-order valence-electron chi connectivity index (χ2n) is 4.51. The van der Waals surface area contributed by atoms with Crippen molar-refractivity contribution in [2.45, 2.75) is 13.5 Å². The van der Waals surface area contributed by atoms with Crippen LogP contribution in [0.5, 0.6) is 11.5 Å². The van der Waals surface area contributed by atoms with Crippen LogP contribution in [0.3, 0.4) is 0 Å². The van der Waals surface area contributed by atoms with Gasteiger partial charge in [0.05, 0.1) is 14.2 Å². The molecule has 0 aliphatic heterocycles. The summed E-state index contributed by atoms with van der Waals surface area (Å²) in [5, 5.41) is 3.28. The molecule has 0 radical (unpaired) electrons. The van der Waals surface area contributed by atoms with E-state index in [9.17, 15) is 4.39 Å². The van der Waals surface area contributed by atoms with E-state index in [1.807, 2.05) is 24.3 Å². The molecule has 106 valence electrons. The molecule has 0 saturated carbocycles. The fourth-order valence-electron chi connectivity index (χ4n) is 1.97. The topological polar surface area (TPSA) is 30.5 Å². The molecule has 4 heteroatoms. The van der Waals surface area contributed by atoms with E-state index in [1.165, 1.54) is 6.07 Å². The van der Waals surface area contributed by atoms with Gasteiger partial charge in [-0.05, 0) is 36.2 Å². The van der Waals surface area contributed by atoms with Gasteiger partial charge in [0.25, 0.3) is 0 Å². The number of rotatable bonds is 5. The van der Waals surface area contributed by atoms with Crippen LogP contribution in [0.4, 0.5) is 10.1 Å². The molecule has 3 nitrogen and oxygen atoms in total. The van der Waals surface area contributed by atoms with E-state index in [0.717, 1.165) is 11.3 Å². The van der Waals surface area contributed by atoms with Crippen LogP contribution in [0.2, 0.25) is 0 Å². The number of aryl methyl sites for hydroxylation is 1. The van der Waals surface area contributed by atoms with Crippen molar-refractivity contribution in [3.63, 3.8) is 0 Å². The van der Waals surface area contributed by atoms with Crippen LogP contribution < -0.4 is 14.8 Å².